The van der Waals surface area contributed by atoms with Gasteiger partial charge in [-0.15, -0.1) is 0 Å². The van der Waals surface area contributed by atoms with Gasteiger partial charge in [0.2, 0.25) is 0 Å². The third-order valence-corrected chi connectivity index (χ3v) is 2.03. The first-order valence-electron chi connectivity index (χ1n) is 4.37. The summed E-state index contributed by atoms with van der Waals surface area (Å²) in [7, 11) is 1.93. The van der Waals surface area contributed by atoms with Gasteiger partial charge in [0.15, 0.2) is 0 Å². The maximum Gasteiger partial charge on any atom is 0.102 e. The minimum Gasteiger partial charge on any atom is -0.360 e. The molecule has 0 aromatic carbocycles. The predicted octanol–water partition coefficient (Wildman–Crippen LogP) is 1.87. The van der Waals surface area contributed by atoms with Crippen LogP contribution >= 0.6 is 0 Å². The lowest BCUT2D eigenvalue weighted by Gasteiger charge is -2.15. The Bertz CT molecular complexity index is 366. The van der Waals surface area contributed by atoms with E-state index in [2.05, 4.69) is 17.6 Å². The molecule has 0 amide bonds. The Morgan fingerprint density at radius 2 is 2.29 bits per heavy atom. The van der Waals surface area contributed by atoms with E-state index in [0.29, 0.717) is 17.8 Å². The van der Waals surface area contributed by atoms with E-state index < -0.39 is 0 Å². The Kier molecular flexibility index (Phi) is 3.24. The van der Waals surface area contributed by atoms with Crippen LogP contribution in [0.3, 0.4) is 0 Å². The Labute approximate surface area is 84.4 Å². The molecular weight excluding hydrogens is 174 g/mol. The largest absolute Gasteiger partial charge is 0.360 e. The van der Waals surface area contributed by atoms with Crippen LogP contribution in [-0.4, -0.2) is 24.3 Å². The molecule has 72 valence electrons. The number of hydrogen-bond acceptors (Lipinski definition) is 3. The van der Waals surface area contributed by atoms with E-state index in [-0.39, 0.29) is 0 Å². The summed E-state index contributed by atoms with van der Waals surface area (Å²) >= 11 is 0. The maximum absolute atomic E-state index is 8.78. The molecule has 0 aromatic heterocycles. The summed E-state index contributed by atoms with van der Waals surface area (Å²) in [5, 5.41) is 8.78. The predicted molar refractivity (Wildman–Crippen MR) is 57.7 cm³/mol. The van der Waals surface area contributed by atoms with Gasteiger partial charge in [0.05, 0.1) is 11.8 Å². The Morgan fingerprint density at radius 1 is 1.57 bits per heavy atom. The molecule has 0 saturated carbocycles. The summed E-state index contributed by atoms with van der Waals surface area (Å²) in [6, 6.07) is 2.11. The van der Waals surface area contributed by atoms with Crippen LogP contribution in [0.2, 0.25) is 0 Å². The molecule has 0 fully saturated rings. The van der Waals surface area contributed by atoms with E-state index in [0.717, 1.165) is 5.84 Å². The van der Waals surface area contributed by atoms with Crippen LogP contribution in [0, 0.1) is 11.3 Å². The molecular formula is C11H13N3. The molecule has 0 aromatic rings. The summed E-state index contributed by atoms with van der Waals surface area (Å²) in [6.45, 7) is 6.38. The molecule has 0 atom stereocenters. The Morgan fingerprint density at radius 3 is 2.93 bits per heavy atom. The number of amidine groups is 1. The normalized spacial score (nSPS) is 23.5. The highest BCUT2D eigenvalue weighted by molar-refractivity contribution is 5.81. The molecule has 0 unspecified atom stereocenters. The quantitative estimate of drug-likeness (QED) is 0.580. The highest BCUT2D eigenvalue weighted by Crippen LogP contribution is 2.05. The molecule has 3 nitrogen and oxygen atoms in total. The van der Waals surface area contributed by atoms with Crippen molar-refractivity contribution in [2.24, 2.45) is 4.99 Å². The van der Waals surface area contributed by atoms with Gasteiger partial charge in [-0.25, -0.2) is 4.99 Å². The van der Waals surface area contributed by atoms with Crippen LogP contribution in [0.15, 0.2) is 41.1 Å². The zero-order chi connectivity index (χ0) is 10.6. The van der Waals surface area contributed by atoms with E-state index in [1.165, 1.54) is 0 Å². The smallest absolute Gasteiger partial charge is 0.102 e. The molecule has 3 heteroatoms. The van der Waals surface area contributed by atoms with Crippen molar-refractivity contribution in [3.63, 3.8) is 0 Å². The van der Waals surface area contributed by atoms with Gasteiger partial charge in [-0.2, -0.15) is 5.26 Å². The molecule has 0 bridgehead atoms. The van der Waals surface area contributed by atoms with Crippen LogP contribution in [0.25, 0.3) is 0 Å². The second-order valence-electron chi connectivity index (χ2n) is 3.14. The van der Waals surface area contributed by atoms with Gasteiger partial charge < -0.3 is 4.90 Å². The summed E-state index contributed by atoms with van der Waals surface area (Å²) < 4.78 is 0. The average Bonchev–Trinajstić information content (AvgIpc) is 2.21. The fourth-order valence-corrected chi connectivity index (χ4v) is 1.03. The maximum atomic E-state index is 8.78. The van der Waals surface area contributed by atoms with Crippen LogP contribution in [-0.2, 0) is 0 Å². The van der Waals surface area contributed by atoms with Gasteiger partial charge in [0.25, 0.3) is 0 Å². The van der Waals surface area contributed by atoms with Crippen LogP contribution in [0.1, 0.15) is 6.92 Å². The second kappa shape index (κ2) is 4.43. The lowest BCUT2D eigenvalue weighted by atomic mass is 10.2. The van der Waals surface area contributed by atoms with Crippen LogP contribution in [0.4, 0.5) is 0 Å². The van der Waals surface area contributed by atoms with Gasteiger partial charge in [-0.1, -0.05) is 6.58 Å². The molecule has 0 N–H and O–H groups in total. The standard InChI is InChI=1S/C11H13N3/c1-9-4-5-11(8-12)6-7-14(3)10(2)13-9/h4-6H,1,7H2,2-3H3/b5-4-,11-6+,13-10?. The zero-order valence-electron chi connectivity index (χ0n) is 8.49. The minimum absolute atomic E-state index is 0.642. The fourth-order valence-electron chi connectivity index (χ4n) is 1.03. The third kappa shape index (κ3) is 2.60. The third-order valence-electron chi connectivity index (χ3n) is 2.03. The monoisotopic (exact) mass is 187 g/mol. The van der Waals surface area contributed by atoms with Gasteiger partial charge in [0, 0.05) is 19.2 Å². The fraction of sp³-hybridized carbons (Fsp3) is 0.273. The summed E-state index contributed by atoms with van der Waals surface area (Å²) in [4.78, 5) is 6.23. The van der Waals surface area contributed by atoms with Crippen molar-refractivity contribution in [1.82, 2.24) is 4.90 Å². The average molecular weight is 187 g/mol. The van der Waals surface area contributed by atoms with Gasteiger partial charge >= 0.3 is 0 Å². The molecule has 0 aliphatic carbocycles. The molecule has 14 heavy (non-hydrogen) atoms. The lowest BCUT2D eigenvalue weighted by Crippen LogP contribution is -2.24. The highest BCUT2D eigenvalue weighted by atomic mass is 15.2. The number of rotatable bonds is 0. The SMILES string of the molecule is C=C1/C=C\C(C#N)=C/CN(C)C(C)=N1. The van der Waals surface area contributed by atoms with E-state index in [4.69, 9.17) is 5.26 Å². The molecule has 0 radical (unpaired) electrons. The van der Waals surface area contributed by atoms with Crippen molar-refractivity contribution < 1.29 is 0 Å². The number of aliphatic imine (C=N–C) groups is 1. The van der Waals surface area contributed by atoms with E-state index in [9.17, 15) is 0 Å². The van der Waals surface area contributed by atoms with Crippen molar-refractivity contribution >= 4 is 5.84 Å². The Hall–Kier alpha value is -1.82. The van der Waals surface area contributed by atoms with Gasteiger partial charge in [0.1, 0.15) is 5.84 Å². The van der Waals surface area contributed by atoms with E-state index in [1.54, 1.807) is 12.2 Å². The van der Waals surface area contributed by atoms with Crippen molar-refractivity contribution in [3.8, 4) is 6.07 Å². The molecule has 1 aliphatic heterocycles. The van der Waals surface area contributed by atoms with Gasteiger partial charge in [-0.3, -0.25) is 0 Å². The van der Waals surface area contributed by atoms with Crippen molar-refractivity contribution in [1.29, 1.82) is 5.26 Å². The zero-order valence-corrected chi connectivity index (χ0v) is 8.49. The van der Waals surface area contributed by atoms with Crippen LogP contribution in [0.5, 0.6) is 0 Å². The summed E-state index contributed by atoms with van der Waals surface area (Å²) in [5.41, 5.74) is 1.31. The first-order chi connectivity index (χ1) is 6.63. The number of nitriles is 1. The topological polar surface area (TPSA) is 39.4 Å². The minimum atomic E-state index is 0.642. The van der Waals surface area contributed by atoms with E-state index in [1.807, 2.05) is 24.9 Å². The van der Waals surface area contributed by atoms with Crippen molar-refractivity contribution in [3.05, 3.63) is 36.1 Å². The first-order valence-corrected chi connectivity index (χ1v) is 4.37. The number of likely N-dealkylation sites (N-methyl/N-ethyl adjacent to an activating group) is 1. The number of hydrogen-bond donors (Lipinski definition) is 0. The van der Waals surface area contributed by atoms with E-state index >= 15 is 0 Å². The molecule has 0 saturated heterocycles. The van der Waals surface area contributed by atoms with Gasteiger partial charge in [-0.05, 0) is 25.2 Å². The lowest BCUT2D eigenvalue weighted by molar-refractivity contribution is 0.559. The number of allylic oxidation sites excluding steroid dienone is 3. The molecule has 1 aliphatic rings. The summed E-state index contributed by atoms with van der Waals surface area (Å²) in [5.74, 6) is 0.898. The van der Waals surface area contributed by atoms with Crippen molar-refractivity contribution in [2.45, 2.75) is 6.92 Å². The van der Waals surface area contributed by atoms with Crippen molar-refractivity contribution in [2.75, 3.05) is 13.6 Å². The van der Waals surface area contributed by atoms with Crippen LogP contribution < -0.4 is 0 Å². The number of nitrogens with zero attached hydrogens (tertiary/aromatic N) is 3. The second-order valence-corrected chi connectivity index (χ2v) is 3.14. The first kappa shape index (κ1) is 10.3. The molecule has 1 heterocycles. The molecule has 0 spiro atoms. The molecule has 1 rings (SSSR count). The Balaban J connectivity index is 3.01. The highest BCUT2D eigenvalue weighted by Gasteiger charge is 2.01. The summed E-state index contributed by atoms with van der Waals surface area (Å²) in [6.07, 6.45) is 5.35.